The van der Waals surface area contributed by atoms with Gasteiger partial charge in [0.25, 0.3) is 5.91 Å². The maximum absolute atomic E-state index is 15.7. The van der Waals surface area contributed by atoms with Gasteiger partial charge in [0.2, 0.25) is 5.43 Å². The molecular formula is C25H33FN4O3. The van der Waals surface area contributed by atoms with E-state index in [-0.39, 0.29) is 22.9 Å². The van der Waals surface area contributed by atoms with Gasteiger partial charge in [-0.3, -0.25) is 9.59 Å². The number of hydrogen-bond acceptors (Lipinski definition) is 5. The number of benzene rings is 1. The smallest absolute Gasteiger partial charge is 0.259 e. The standard InChI is InChI=1S/C25H33FN4O3/c1-4-28(5-2)25(32)18-13-30(16-8-9-16)21-17(23(18)31)11-19(26)22(24(21)33-3)29-12-15-7-6-10-27-20(15)14-29/h11,13,15-16,20,27H,4-10,12,14H2,1-3H3. The average molecular weight is 457 g/mol. The van der Waals surface area contributed by atoms with Crippen molar-refractivity contribution in [2.75, 3.05) is 44.7 Å². The lowest BCUT2D eigenvalue weighted by molar-refractivity contribution is 0.0771. The highest BCUT2D eigenvalue weighted by molar-refractivity contribution is 6.00. The number of hydrogen-bond donors (Lipinski definition) is 1. The van der Waals surface area contributed by atoms with Crippen LogP contribution in [0.3, 0.4) is 0 Å². The van der Waals surface area contributed by atoms with Gasteiger partial charge in [0.15, 0.2) is 11.6 Å². The molecule has 7 nitrogen and oxygen atoms in total. The van der Waals surface area contributed by atoms with Crippen LogP contribution in [0.15, 0.2) is 17.1 Å². The second kappa shape index (κ2) is 8.63. The van der Waals surface area contributed by atoms with Gasteiger partial charge in [-0.1, -0.05) is 0 Å². The maximum atomic E-state index is 15.7. The van der Waals surface area contributed by atoms with Gasteiger partial charge >= 0.3 is 0 Å². The Hall–Kier alpha value is -2.61. The number of carbonyl (C=O) groups is 1. The normalized spacial score (nSPS) is 22.5. The number of amides is 1. The zero-order valence-corrected chi connectivity index (χ0v) is 19.7. The Bertz CT molecular complexity index is 1120. The Morgan fingerprint density at radius 1 is 1.24 bits per heavy atom. The minimum Gasteiger partial charge on any atom is -0.492 e. The first-order valence-electron chi connectivity index (χ1n) is 12.2. The van der Waals surface area contributed by atoms with Crippen LogP contribution in [0.1, 0.15) is 55.9 Å². The number of halogens is 1. The second-order valence-corrected chi connectivity index (χ2v) is 9.49. The van der Waals surface area contributed by atoms with E-state index in [1.807, 2.05) is 18.4 Å². The number of fused-ring (bicyclic) bond motifs is 2. The SMILES string of the molecule is CCN(CC)C(=O)c1cn(C2CC2)c2c(OC)c(N3CC4CCCNC4C3)c(F)cc2c1=O. The van der Waals surface area contributed by atoms with E-state index in [2.05, 4.69) is 10.2 Å². The average Bonchev–Trinajstić information content (AvgIpc) is 3.57. The third kappa shape index (κ3) is 3.68. The molecule has 0 radical (unpaired) electrons. The molecule has 0 bridgehead atoms. The lowest BCUT2D eigenvalue weighted by Crippen LogP contribution is -2.40. The van der Waals surface area contributed by atoms with Gasteiger partial charge in [-0.25, -0.2) is 4.39 Å². The number of nitrogens with one attached hydrogen (secondary N) is 1. The molecule has 2 aliphatic heterocycles. The van der Waals surface area contributed by atoms with Crippen LogP contribution in [-0.4, -0.2) is 61.2 Å². The maximum Gasteiger partial charge on any atom is 0.259 e. The molecule has 1 N–H and O–H groups in total. The third-order valence-corrected chi connectivity index (χ3v) is 7.54. The molecular weight excluding hydrogens is 423 g/mol. The van der Waals surface area contributed by atoms with Gasteiger partial charge in [0.05, 0.1) is 18.0 Å². The first-order chi connectivity index (χ1) is 16.0. The largest absolute Gasteiger partial charge is 0.492 e. The van der Waals surface area contributed by atoms with E-state index in [9.17, 15) is 9.59 Å². The molecule has 33 heavy (non-hydrogen) atoms. The first kappa shape index (κ1) is 22.2. The summed E-state index contributed by atoms with van der Waals surface area (Å²) in [4.78, 5) is 30.2. The molecule has 3 aliphatic rings. The number of methoxy groups -OCH3 is 1. The highest BCUT2D eigenvalue weighted by atomic mass is 19.1. The van der Waals surface area contributed by atoms with Crippen molar-refractivity contribution in [3.8, 4) is 5.75 Å². The van der Waals surface area contributed by atoms with Crippen molar-refractivity contribution in [3.63, 3.8) is 0 Å². The summed E-state index contributed by atoms with van der Waals surface area (Å²) in [5, 5.41) is 3.78. The molecule has 178 valence electrons. The van der Waals surface area contributed by atoms with E-state index >= 15 is 4.39 Å². The number of piperidine rings is 1. The van der Waals surface area contributed by atoms with Crippen LogP contribution in [0.5, 0.6) is 5.75 Å². The molecule has 3 fully saturated rings. The molecule has 1 aromatic carbocycles. The predicted octanol–water partition coefficient (Wildman–Crippen LogP) is 3.15. The topological polar surface area (TPSA) is 66.8 Å². The van der Waals surface area contributed by atoms with Crippen molar-refractivity contribution >= 4 is 22.5 Å². The minimum absolute atomic E-state index is 0.101. The van der Waals surface area contributed by atoms with Gasteiger partial charge in [-0.2, -0.15) is 0 Å². The molecule has 1 saturated carbocycles. The third-order valence-electron chi connectivity index (χ3n) is 7.54. The molecule has 0 spiro atoms. The van der Waals surface area contributed by atoms with E-state index in [1.54, 1.807) is 11.1 Å². The zero-order valence-electron chi connectivity index (χ0n) is 19.7. The van der Waals surface area contributed by atoms with Crippen LogP contribution in [-0.2, 0) is 0 Å². The van der Waals surface area contributed by atoms with E-state index in [1.165, 1.54) is 13.2 Å². The summed E-state index contributed by atoms with van der Waals surface area (Å²) in [5.74, 6) is 0.108. The summed E-state index contributed by atoms with van der Waals surface area (Å²) in [6.07, 6.45) is 5.87. The van der Waals surface area contributed by atoms with Crippen LogP contribution >= 0.6 is 0 Å². The molecule has 2 atom stereocenters. The number of aromatic nitrogens is 1. The highest BCUT2D eigenvalue weighted by Crippen LogP contribution is 2.45. The lowest BCUT2D eigenvalue weighted by Gasteiger charge is -2.25. The number of pyridine rings is 1. The highest BCUT2D eigenvalue weighted by Gasteiger charge is 2.38. The van der Waals surface area contributed by atoms with Crippen molar-refractivity contribution in [3.05, 3.63) is 33.9 Å². The van der Waals surface area contributed by atoms with Crippen LogP contribution in [0.4, 0.5) is 10.1 Å². The van der Waals surface area contributed by atoms with Crippen molar-refractivity contribution in [1.82, 2.24) is 14.8 Å². The Labute approximate surface area is 193 Å². The number of ether oxygens (including phenoxy) is 1. The molecule has 8 heteroatoms. The van der Waals surface area contributed by atoms with Crippen LogP contribution in [0, 0.1) is 11.7 Å². The Morgan fingerprint density at radius 3 is 2.64 bits per heavy atom. The molecule has 1 aromatic heterocycles. The van der Waals surface area contributed by atoms with E-state index in [0.29, 0.717) is 42.0 Å². The molecule has 3 heterocycles. The fourth-order valence-corrected chi connectivity index (χ4v) is 5.63. The van der Waals surface area contributed by atoms with Gasteiger partial charge in [0.1, 0.15) is 11.3 Å². The fraction of sp³-hybridized carbons (Fsp3) is 0.600. The first-order valence-corrected chi connectivity index (χ1v) is 12.2. The fourth-order valence-electron chi connectivity index (χ4n) is 5.63. The van der Waals surface area contributed by atoms with Crippen molar-refractivity contribution in [1.29, 1.82) is 0 Å². The van der Waals surface area contributed by atoms with Crippen molar-refractivity contribution in [2.45, 2.75) is 51.6 Å². The van der Waals surface area contributed by atoms with Gasteiger partial charge in [-0.05, 0) is 58.1 Å². The summed E-state index contributed by atoms with van der Waals surface area (Å²) in [6.45, 7) is 7.28. The molecule has 1 aliphatic carbocycles. The molecule has 2 saturated heterocycles. The summed E-state index contributed by atoms with van der Waals surface area (Å²) in [7, 11) is 1.54. The van der Waals surface area contributed by atoms with Gasteiger partial charge in [0, 0.05) is 44.5 Å². The number of nitrogens with zero attached hydrogens (tertiary/aromatic N) is 3. The summed E-state index contributed by atoms with van der Waals surface area (Å²) in [5.41, 5.74) is 0.696. The predicted molar refractivity (Wildman–Crippen MR) is 127 cm³/mol. The monoisotopic (exact) mass is 456 g/mol. The molecule has 1 amide bonds. The van der Waals surface area contributed by atoms with E-state index in [0.717, 1.165) is 45.3 Å². The Kier molecular flexibility index (Phi) is 5.80. The molecule has 2 aromatic rings. The van der Waals surface area contributed by atoms with Crippen molar-refractivity contribution < 1.29 is 13.9 Å². The Morgan fingerprint density at radius 2 is 2.00 bits per heavy atom. The molecule has 2 unspecified atom stereocenters. The number of rotatable bonds is 6. The van der Waals surface area contributed by atoms with Crippen molar-refractivity contribution in [2.24, 2.45) is 5.92 Å². The van der Waals surface area contributed by atoms with Gasteiger partial charge in [-0.15, -0.1) is 0 Å². The van der Waals surface area contributed by atoms with Crippen LogP contribution < -0.4 is 20.4 Å². The zero-order chi connectivity index (χ0) is 23.3. The number of carbonyl (C=O) groups excluding carboxylic acids is 1. The summed E-state index contributed by atoms with van der Waals surface area (Å²) < 4.78 is 23.5. The quantitative estimate of drug-likeness (QED) is 0.723. The Balaban J connectivity index is 1.69. The van der Waals surface area contributed by atoms with Crippen LogP contribution in [0.2, 0.25) is 0 Å². The van der Waals surface area contributed by atoms with E-state index < -0.39 is 11.2 Å². The lowest BCUT2D eigenvalue weighted by atomic mass is 9.94. The molecule has 5 rings (SSSR count). The number of anilines is 1. The van der Waals surface area contributed by atoms with E-state index in [4.69, 9.17) is 4.74 Å². The van der Waals surface area contributed by atoms with Gasteiger partial charge < -0.3 is 24.4 Å². The summed E-state index contributed by atoms with van der Waals surface area (Å²) >= 11 is 0. The minimum atomic E-state index is -0.468. The van der Waals surface area contributed by atoms with Crippen LogP contribution in [0.25, 0.3) is 10.9 Å². The summed E-state index contributed by atoms with van der Waals surface area (Å²) in [6, 6.07) is 1.85. The second-order valence-electron chi connectivity index (χ2n) is 9.49.